The topological polar surface area (TPSA) is 66.4 Å². The van der Waals surface area contributed by atoms with Crippen LogP contribution in [-0.4, -0.2) is 17.0 Å². The molecule has 0 heterocycles. The third kappa shape index (κ3) is 5.51. The number of nitrogens with one attached hydrogen (secondary N) is 1. The van der Waals surface area contributed by atoms with Crippen molar-refractivity contribution in [1.29, 1.82) is 0 Å². The molecule has 2 rings (SSSR count). The van der Waals surface area contributed by atoms with Crippen molar-refractivity contribution in [2.45, 2.75) is 12.8 Å². The van der Waals surface area contributed by atoms with Crippen LogP contribution in [0.4, 0.5) is 5.69 Å². The van der Waals surface area contributed by atoms with Gasteiger partial charge >= 0.3 is 5.97 Å². The van der Waals surface area contributed by atoms with Gasteiger partial charge in [0.15, 0.2) is 0 Å². The molecule has 0 aliphatic heterocycles. The van der Waals surface area contributed by atoms with Crippen LogP contribution in [0.1, 0.15) is 12.0 Å². The third-order valence-corrected chi connectivity index (χ3v) is 4.51. The van der Waals surface area contributed by atoms with Crippen molar-refractivity contribution in [3.05, 3.63) is 62.7 Å². The summed E-state index contributed by atoms with van der Waals surface area (Å²) in [7, 11) is 0. The van der Waals surface area contributed by atoms with Crippen molar-refractivity contribution in [1.82, 2.24) is 0 Å². The normalized spacial score (nSPS) is 11.7. The fraction of sp³-hybridized carbons (Fsp3) is 0.176. The fourth-order valence-corrected chi connectivity index (χ4v) is 2.82. The summed E-state index contributed by atoms with van der Waals surface area (Å²) in [6.45, 7) is 0. The number of carboxylic acids is 1. The van der Waals surface area contributed by atoms with Gasteiger partial charge in [-0.05, 0) is 58.8 Å². The minimum Gasteiger partial charge on any atom is -0.481 e. The Labute approximate surface area is 153 Å². The summed E-state index contributed by atoms with van der Waals surface area (Å²) in [5.41, 5.74) is 1.56. The van der Waals surface area contributed by atoms with Crippen LogP contribution in [0.25, 0.3) is 0 Å². The number of carboxylic acid groups (broad SMARTS) is 1. The molecule has 0 bridgehead atoms. The number of halogens is 2. The van der Waals surface area contributed by atoms with Gasteiger partial charge in [0, 0.05) is 8.59 Å². The van der Waals surface area contributed by atoms with Gasteiger partial charge in [-0.25, -0.2) is 0 Å². The molecule has 23 heavy (non-hydrogen) atoms. The lowest BCUT2D eigenvalue weighted by molar-refractivity contribution is -0.140. The highest BCUT2D eigenvalue weighted by Crippen LogP contribution is 2.21. The summed E-state index contributed by atoms with van der Waals surface area (Å²) in [4.78, 5) is 23.5. The van der Waals surface area contributed by atoms with Gasteiger partial charge in [0.1, 0.15) is 0 Å². The summed E-state index contributed by atoms with van der Waals surface area (Å²) in [6, 6.07) is 14.4. The molecule has 0 saturated heterocycles. The van der Waals surface area contributed by atoms with E-state index >= 15 is 0 Å². The van der Waals surface area contributed by atoms with Crippen LogP contribution in [0.5, 0.6) is 0 Å². The molecule has 2 N–H and O–H groups in total. The molecule has 0 unspecified atom stereocenters. The predicted molar refractivity (Wildman–Crippen MR) is 98.7 cm³/mol. The molecular formula is C17H15ClINO3. The first-order valence-electron chi connectivity index (χ1n) is 6.97. The molecule has 0 aliphatic rings. The molecule has 120 valence electrons. The van der Waals surface area contributed by atoms with E-state index in [-0.39, 0.29) is 12.3 Å². The Morgan fingerprint density at radius 1 is 1.13 bits per heavy atom. The maximum absolute atomic E-state index is 12.5. The lowest BCUT2D eigenvalue weighted by Gasteiger charge is -2.16. The number of para-hydroxylation sites is 1. The Hall–Kier alpha value is -1.60. The van der Waals surface area contributed by atoms with Gasteiger partial charge < -0.3 is 10.4 Å². The third-order valence-electron chi connectivity index (χ3n) is 3.32. The number of amides is 1. The van der Waals surface area contributed by atoms with E-state index in [1.807, 2.05) is 18.2 Å². The molecule has 0 aliphatic carbocycles. The highest BCUT2D eigenvalue weighted by atomic mass is 127. The molecule has 6 heteroatoms. The molecule has 0 aromatic heterocycles. The molecule has 2 aromatic carbocycles. The van der Waals surface area contributed by atoms with E-state index in [0.717, 1.165) is 9.13 Å². The first kappa shape index (κ1) is 17.7. The quantitative estimate of drug-likeness (QED) is 0.657. The largest absolute Gasteiger partial charge is 0.481 e. The Morgan fingerprint density at radius 3 is 2.39 bits per heavy atom. The minimum absolute atomic E-state index is 0.224. The van der Waals surface area contributed by atoms with E-state index in [4.69, 9.17) is 16.7 Å². The predicted octanol–water partition coefficient (Wildman–Crippen LogP) is 4.22. The number of aliphatic carboxylic acids is 1. The number of rotatable bonds is 6. The minimum atomic E-state index is -0.998. The van der Waals surface area contributed by atoms with Crippen molar-refractivity contribution < 1.29 is 14.7 Å². The van der Waals surface area contributed by atoms with Gasteiger partial charge in [-0.1, -0.05) is 35.9 Å². The summed E-state index contributed by atoms with van der Waals surface area (Å²) in [5, 5.41) is 12.5. The van der Waals surface area contributed by atoms with Gasteiger partial charge in [-0.15, -0.1) is 0 Å². The Bertz CT molecular complexity index is 703. The van der Waals surface area contributed by atoms with Crippen LogP contribution < -0.4 is 5.32 Å². The fourth-order valence-electron chi connectivity index (χ4n) is 2.17. The van der Waals surface area contributed by atoms with E-state index < -0.39 is 11.9 Å². The van der Waals surface area contributed by atoms with Crippen LogP contribution in [0, 0.1) is 9.49 Å². The van der Waals surface area contributed by atoms with Crippen molar-refractivity contribution in [3.63, 3.8) is 0 Å². The van der Waals surface area contributed by atoms with Gasteiger partial charge in [0.25, 0.3) is 0 Å². The number of carbonyl (C=O) groups excluding carboxylic acids is 1. The zero-order valence-corrected chi connectivity index (χ0v) is 15.0. The smallest absolute Gasteiger partial charge is 0.304 e. The second-order valence-electron chi connectivity index (χ2n) is 5.09. The molecule has 2 aromatic rings. The highest BCUT2D eigenvalue weighted by molar-refractivity contribution is 14.1. The maximum Gasteiger partial charge on any atom is 0.304 e. The number of benzene rings is 2. The summed E-state index contributed by atoms with van der Waals surface area (Å²) >= 11 is 7.97. The molecule has 1 amide bonds. The van der Waals surface area contributed by atoms with E-state index in [1.165, 1.54) is 0 Å². The highest BCUT2D eigenvalue weighted by Gasteiger charge is 2.22. The Kier molecular flexibility index (Phi) is 6.41. The van der Waals surface area contributed by atoms with Crippen molar-refractivity contribution in [3.8, 4) is 0 Å². The standard InChI is InChI=1S/C17H15ClINO3/c18-13-7-5-11(6-8-13)9-12(10-16(21)22)17(23)20-15-4-2-1-3-14(15)19/h1-8,12H,9-10H2,(H,20,23)(H,21,22)/t12-/m1/s1. The maximum atomic E-state index is 12.5. The zero-order valence-electron chi connectivity index (χ0n) is 12.1. The van der Waals surface area contributed by atoms with Crippen LogP contribution in [0.2, 0.25) is 5.02 Å². The lowest BCUT2D eigenvalue weighted by atomic mass is 9.95. The SMILES string of the molecule is O=C(O)C[C@@H](Cc1ccc(Cl)cc1)C(=O)Nc1ccccc1I. The molecule has 4 nitrogen and oxygen atoms in total. The number of anilines is 1. The van der Waals surface area contributed by atoms with Crippen molar-refractivity contribution in [2.24, 2.45) is 5.92 Å². The van der Waals surface area contributed by atoms with Crippen molar-refractivity contribution in [2.75, 3.05) is 5.32 Å². The summed E-state index contributed by atoms with van der Waals surface area (Å²) in [6.07, 6.45) is 0.122. The van der Waals surface area contributed by atoms with Gasteiger partial charge in [0.2, 0.25) is 5.91 Å². The Balaban J connectivity index is 2.13. The van der Waals surface area contributed by atoms with Crippen LogP contribution in [0.15, 0.2) is 48.5 Å². The van der Waals surface area contributed by atoms with Crippen LogP contribution in [-0.2, 0) is 16.0 Å². The average Bonchev–Trinajstić information content (AvgIpc) is 2.50. The van der Waals surface area contributed by atoms with Crippen LogP contribution in [0.3, 0.4) is 0 Å². The number of hydrogen-bond donors (Lipinski definition) is 2. The molecule has 0 spiro atoms. The van der Waals surface area contributed by atoms with Gasteiger partial charge in [-0.2, -0.15) is 0 Å². The second-order valence-corrected chi connectivity index (χ2v) is 6.69. The number of hydrogen-bond acceptors (Lipinski definition) is 2. The average molecular weight is 444 g/mol. The molecule has 0 radical (unpaired) electrons. The summed E-state index contributed by atoms with van der Waals surface area (Å²) in [5.74, 6) is -1.95. The first-order chi connectivity index (χ1) is 11.0. The van der Waals surface area contributed by atoms with Gasteiger partial charge in [0.05, 0.1) is 18.0 Å². The monoisotopic (exact) mass is 443 g/mol. The zero-order chi connectivity index (χ0) is 16.8. The molecular weight excluding hydrogens is 429 g/mol. The van der Waals surface area contributed by atoms with Crippen LogP contribution >= 0.6 is 34.2 Å². The summed E-state index contributed by atoms with van der Waals surface area (Å²) < 4.78 is 0.902. The number of carbonyl (C=O) groups is 2. The van der Waals surface area contributed by atoms with Gasteiger partial charge in [-0.3, -0.25) is 9.59 Å². The van der Waals surface area contributed by atoms with E-state index in [9.17, 15) is 9.59 Å². The van der Waals surface area contributed by atoms with E-state index in [0.29, 0.717) is 17.1 Å². The molecule has 1 atom stereocenters. The molecule has 0 fully saturated rings. The van der Waals surface area contributed by atoms with Crippen molar-refractivity contribution >= 4 is 51.8 Å². The molecule has 0 saturated carbocycles. The second kappa shape index (κ2) is 8.31. The van der Waals surface area contributed by atoms with E-state index in [2.05, 4.69) is 27.9 Å². The van der Waals surface area contributed by atoms with E-state index in [1.54, 1.807) is 30.3 Å². The lowest BCUT2D eigenvalue weighted by Crippen LogP contribution is -2.27. The first-order valence-corrected chi connectivity index (χ1v) is 8.43. The Morgan fingerprint density at radius 2 is 1.78 bits per heavy atom.